The maximum Gasteiger partial charge on any atom is 0.182 e. The van der Waals surface area contributed by atoms with Crippen LogP contribution in [0.15, 0.2) is 59.5 Å². The summed E-state index contributed by atoms with van der Waals surface area (Å²) in [6.45, 7) is 0.135. The summed E-state index contributed by atoms with van der Waals surface area (Å²) < 4.78 is 31.8. The van der Waals surface area contributed by atoms with E-state index >= 15 is 0 Å². The molecule has 25 heavy (non-hydrogen) atoms. The molecule has 4 nitrogen and oxygen atoms in total. The molecule has 2 N–H and O–H groups in total. The highest BCUT2D eigenvalue weighted by molar-refractivity contribution is 7.92. The van der Waals surface area contributed by atoms with Gasteiger partial charge >= 0.3 is 0 Å². The molecule has 0 aliphatic heterocycles. The van der Waals surface area contributed by atoms with E-state index in [1.165, 1.54) is 7.11 Å². The van der Waals surface area contributed by atoms with Crippen LogP contribution >= 0.6 is 23.8 Å². The van der Waals surface area contributed by atoms with Gasteiger partial charge in [-0.1, -0.05) is 54.2 Å². The van der Waals surface area contributed by atoms with Gasteiger partial charge in [0.25, 0.3) is 0 Å². The molecule has 1 aliphatic carbocycles. The average molecular weight is 396 g/mol. The van der Waals surface area contributed by atoms with Crippen LogP contribution in [0, 0.1) is 5.41 Å². The number of methoxy groups -OCH3 is 1. The lowest BCUT2D eigenvalue weighted by atomic mass is 10.00. The summed E-state index contributed by atoms with van der Waals surface area (Å²) in [4.78, 5) is 0.394. The highest BCUT2D eigenvalue weighted by Crippen LogP contribution is 2.64. The molecular weight excluding hydrogens is 378 g/mol. The van der Waals surface area contributed by atoms with Crippen LogP contribution in [0.5, 0.6) is 0 Å². The van der Waals surface area contributed by atoms with Gasteiger partial charge in [0.1, 0.15) is 0 Å². The smallest absolute Gasteiger partial charge is 0.182 e. The molecule has 7 heteroatoms. The van der Waals surface area contributed by atoms with Gasteiger partial charge in [-0.2, -0.15) is 0 Å². The molecule has 1 saturated carbocycles. The molecule has 132 valence electrons. The highest BCUT2D eigenvalue weighted by Gasteiger charge is 2.73. The van der Waals surface area contributed by atoms with Crippen molar-refractivity contribution in [2.75, 3.05) is 13.7 Å². The molecule has 1 aliphatic rings. The number of benzene rings is 2. The van der Waals surface area contributed by atoms with E-state index in [-0.39, 0.29) is 16.5 Å². The predicted molar refractivity (Wildman–Crippen MR) is 103 cm³/mol. The lowest BCUT2D eigenvalue weighted by Crippen LogP contribution is -2.33. The highest BCUT2D eigenvalue weighted by atomic mass is 35.5. The van der Waals surface area contributed by atoms with Crippen molar-refractivity contribution in [1.29, 1.82) is 0 Å². The molecule has 0 aromatic heterocycles. The zero-order valence-corrected chi connectivity index (χ0v) is 15.9. The summed E-state index contributed by atoms with van der Waals surface area (Å²) in [5.74, 6) is -0.395. The van der Waals surface area contributed by atoms with Gasteiger partial charge in [-0.25, -0.2) is 8.42 Å². The minimum absolute atomic E-state index is 0.135. The first kappa shape index (κ1) is 18.3. The van der Waals surface area contributed by atoms with E-state index in [4.69, 9.17) is 34.3 Å². The summed E-state index contributed by atoms with van der Waals surface area (Å²) in [6, 6.07) is 15.5. The maximum absolute atomic E-state index is 13.3. The van der Waals surface area contributed by atoms with Crippen molar-refractivity contribution in [1.82, 2.24) is 0 Å². The lowest BCUT2D eigenvalue weighted by molar-refractivity contribution is 0.166. The van der Waals surface area contributed by atoms with E-state index in [1.54, 1.807) is 48.5 Å². The summed E-state index contributed by atoms with van der Waals surface area (Å²) in [6.07, 6.45) is 0. The van der Waals surface area contributed by atoms with Crippen LogP contribution in [0.4, 0.5) is 0 Å². The number of rotatable bonds is 6. The predicted octanol–water partition coefficient (Wildman–Crippen LogP) is 3.20. The number of sulfone groups is 1. The minimum atomic E-state index is -3.64. The first-order valence-corrected chi connectivity index (χ1v) is 10.0. The van der Waals surface area contributed by atoms with E-state index in [1.807, 2.05) is 6.07 Å². The first-order chi connectivity index (χ1) is 11.9. The Kier molecular flexibility index (Phi) is 4.90. The van der Waals surface area contributed by atoms with Crippen LogP contribution in [-0.4, -0.2) is 32.4 Å². The van der Waals surface area contributed by atoms with Gasteiger partial charge < -0.3 is 10.5 Å². The molecule has 2 aromatic rings. The van der Waals surface area contributed by atoms with E-state index in [0.29, 0.717) is 5.02 Å². The van der Waals surface area contributed by atoms with Gasteiger partial charge in [0, 0.05) is 18.1 Å². The number of thiocarbonyl (C=S) groups is 1. The second kappa shape index (κ2) is 6.68. The summed E-state index contributed by atoms with van der Waals surface area (Å²) in [5, 5.41) is -0.243. The van der Waals surface area contributed by atoms with Crippen LogP contribution in [0.1, 0.15) is 11.5 Å². The number of ether oxygens (including phenoxy) is 1. The molecule has 0 unspecified atom stereocenters. The van der Waals surface area contributed by atoms with Crippen molar-refractivity contribution in [3.05, 3.63) is 65.2 Å². The van der Waals surface area contributed by atoms with Crippen molar-refractivity contribution >= 4 is 38.6 Å². The molecule has 0 heterocycles. The molecule has 0 saturated heterocycles. The van der Waals surface area contributed by atoms with E-state index in [0.717, 1.165) is 5.56 Å². The SMILES string of the molecule is COC[C@@]1(C(N)=S)[C@H](S(=O)(=O)c2ccccc2)[C@@H]1c1cccc(Cl)c1. The molecule has 0 spiro atoms. The van der Waals surface area contributed by atoms with Gasteiger partial charge in [-0.15, -0.1) is 0 Å². The fraction of sp³-hybridized carbons (Fsp3) is 0.278. The Hall–Kier alpha value is -1.47. The molecular formula is C18H18ClNO3S2. The summed E-state index contributed by atoms with van der Waals surface area (Å²) in [5.41, 5.74) is 5.86. The fourth-order valence-corrected chi connectivity index (χ4v) is 6.56. The van der Waals surface area contributed by atoms with Crippen molar-refractivity contribution in [2.45, 2.75) is 16.1 Å². The number of hydrogen-bond acceptors (Lipinski definition) is 4. The standard InChI is InChI=1S/C18H18ClNO3S2/c1-23-11-18(17(20)24)15(12-6-5-7-13(19)10-12)16(18)25(21,22)14-8-3-2-4-9-14/h2-10,15-16H,11H2,1H3,(H2,20,24)/t15-,16+,18-/m0/s1. The topological polar surface area (TPSA) is 69.4 Å². The lowest BCUT2D eigenvalue weighted by Gasteiger charge is -2.16. The fourth-order valence-electron chi connectivity index (χ4n) is 3.57. The molecule has 0 bridgehead atoms. The monoisotopic (exact) mass is 395 g/mol. The second-order valence-electron chi connectivity index (χ2n) is 6.15. The first-order valence-electron chi connectivity index (χ1n) is 7.69. The quantitative estimate of drug-likeness (QED) is 0.760. The molecule has 0 amide bonds. The molecule has 3 atom stereocenters. The minimum Gasteiger partial charge on any atom is -0.393 e. The molecule has 1 fully saturated rings. The zero-order valence-electron chi connectivity index (χ0n) is 13.6. The van der Waals surface area contributed by atoms with Crippen LogP contribution in [0.3, 0.4) is 0 Å². The number of nitrogens with two attached hydrogens (primary N) is 1. The van der Waals surface area contributed by atoms with Crippen molar-refractivity contribution in [2.24, 2.45) is 11.1 Å². The Labute approximate surface area is 157 Å². The van der Waals surface area contributed by atoms with Gasteiger partial charge in [0.2, 0.25) is 0 Å². The molecule has 2 aromatic carbocycles. The van der Waals surface area contributed by atoms with Crippen molar-refractivity contribution in [3.63, 3.8) is 0 Å². The summed E-state index contributed by atoms with van der Waals surface area (Å²) in [7, 11) is -2.13. The van der Waals surface area contributed by atoms with Crippen LogP contribution in [0.2, 0.25) is 5.02 Å². The second-order valence-corrected chi connectivity index (χ2v) is 9.09. The van der Waals surface area contributed by atoms with Gasteiger partial charge in [-0.3, -0.25) is 0 Å². The van der Waals surface area contributed by atoms with Crippen LogP contribution < -0.4 is 5.73 Å². The van der Waals surface area contributed by atoms with E-state index < -0.39 is 26.4 Å². The molecule has 3 rings (SSSR count). The number of hydrogen-bond donors (Lipinski definition) is 1. The van der Waals surface area contributed by atoms with Crippen LogP contribution in [0.25, 0.3) is 0 Å². The third-order valence-corrected chi connectivity index (χ3v) is 7.62. The number of halogens is 1. The normalized spacial score (nSPS) is 25.5. The van der Waals surface area contributed by atoms with Gasteiger partial charge in [0.05, 0.1) is 27.2 Å². The third kappa shape index (κ3) is 2.97. The van der Waals surface area contributed by atoms with Gasteiger partial charge in [-0.05, 0) is 29.8 Å². The summed E-state index contributed by atoms with van der Waals surface area (Å²) >= 11 is 11.4. The van der Waals surface area contributed by atoms with Gasteiger partial charge in [0.15, 0.2) is 9.84 Å². The van der Waals surface area contributed by atoms with E-state index in [9.17, 15) is 8.42 Å². The Bertz CT molecular complexity index is 902. The van der Waals surface area contributed by atoms with Crippen molar-refractivity contribution in [3.8, 4) is 0 Å². The zero-order chi connectivity index (χ0) is 18.2. The Morgan fingerprint density at radius 1 is 1.24 bits per heavy atom. The van der Waals surface area contributed by atoms with E-state index in [2.05, 4.69) is 0 Å². The maximum atomic E-state index is 13.3. The van der Waals surface area contributed by atoms with Crippen LogP contribution in [-0.2, 0) is 14.6 Å². The van der Waals surface area contributed by atoms with Crippen molar-refractivity contribution < 1.29 is 13.2 Å². The Morgan fingerprint density at radius 3 is 2.48 bits per heavy atom. The third-order valence-electron chi connectivity index (χ3n) is 4.71. The average Bonchev–Trinajstić information content (AvgIpc) is 3.27. The Balaban J connectivity index is 2.14. The molecule has 0 radical (unpaired) electrons. The largest absolute Gasteiger partial charge is 0.393 e. The Morgan fingerprint density at radius 2 is 1.92 bits per heavy atom.